The summed E-state index contributed by atoms with van der Waals surface area (Å²) in [6, 6.07) is 6.99. The number of hydrogen-bond acceptors (Lipinski definition) is 3. The highest BCUT2D eigenvalue weighted by Gasteiger charge is 2.15. The quantitative estimate of drug-likeness (QED) is 0.265. The smallest absolute Gasteiger partial charge is 0.188 e. The van der Waals surface area contributed by atoms with E-state index in [1.807, 2.05) is 0 Å². The van der Waals surface area contributed by atoms with Gasteiger partial charge >= 0.3 is 0 Å². The van der Waals surface area contributed by atoms with Crippen LogP contribution in [0.25, 0.3) is 0 Å². The van der Waals surface area contributed by atoms with Crippen LogP contribution in [0.5, 0.6) is 0 Å². The highest BCUT2D eigenvalue weighted by Crippen LogP contribution is 2.17. The molecular formula is C16H25BrIN3O2S. The minimum Gasteiger partial charge on any atom is -0.370 e. The first-order valence-corrected chi connectivity index (χ1v) is 10.5. The Morgan fingerprint density at radius 2 is 1.75 bits per heavy atom. The van der Waals surface area contributed by atoms with Gasteiger partial charge < -0.3 is 11.1 Å². The molecule has 8 heteroatoms. The van der Waals surface area contributed by atoms with Gasteiger partial charge in [-0.3, -0.25) is 4.99 Å². The Morgan fingerprint density at radius 3 is 2.33 bits per heavy atom. The molecule has 2 rings (SSSR count). The third-order valence-corrected chi connectivity index (χ3v) is 6.26. The third-order valence-electron chi connectivity index (χ3n) is 4.02. The summed E-state index contributed by atoms with van der Waals surface area (Å²) < 4.78 is 25.3. The monoisotopic (exact) mass is 529 g/mol. The molecule has 0 radical (unpaired) electrons. The lowest BCUT2D eigenvalue weighted by atomic mass is 10.1. The minimum absolute atomic E-state index is 0. The number of hydrogen-bond donors (Lipinski definition) is 2. The predicted molar refractivity (Wildman–Crippen MR) is 113 cm³/mol. The molecule has 1 aliphatic carbocycles. The Labute approximate surface area is 169 Å². The number of aliphatic imine (C=N–C) groups is 1. The molecule has 1 saturated carbocycles. The van der Waals surface area contributed by atoms with Gasteiger partial charge in [0.25, 0.3) is 0 Å². The summed E-state index contributed by atoms with van der Waals surface area (Å²) in [5, 5.41) is 3.22. The summed E-state index contributed by atoms with van der Waals surface area (Å²) in [6.07, 6.45) is 7.19. The van der Waals surface area contributed by atoms with Crippen molar-refractivity contribution < 1.29 is 8.42 Å². The molecule has 1 aromatic rings. The Kier molecular flexibility index (Phi) is 9.58. The molecule has 0 atom stereocenters. The zero-order valence-electron chi connectivity index (χ0n) is 13.6. The number of benzene rings is 1. The van der Waals surface area contributed by atoms with Crippen molar-refractivity contribution in [3.63, 3.8) is 0 Å². The standard InChI is InChI=1S/C16H24BrN3O2S.HI/c17-13-7-9-15(10-8-13)23(21,22)12-11-19-16(18)20-14-5-3-1-2-4-6-14;/h7-10,14H,1-6,11-12H2,(H3,18,19,20);1H. The number of sulfone groups is 1. The number of nitrogens with two attached hydrogens (primary N) is 1. The van der Waals surface area contributed by atoms with Crippen LogP contribution in [0.4, 0.5) is 0 Å². The summed E-state index contributed by atoms with van der Waals surface area (Å²) in [7, 11) is -3.32. The van der Waals surface area contributed by atoms with Crippen LogP contribution in [0.3, 0.4) is 0 Å². The van der Waals surface area contributed by atoms with Crippen LogP contribution in [0.2, 0.25) is 0 Å². The molecule has 1 aliphatic rings. The van der Waals surface area contributed by atoms with E-state index >= 15 is 0 Å². The summed E-state index contributed by atoms with van der Waals surface area (Å²) >= 11 is 3.30. The van der Waals surface area contributed by atoms with Crippen LogP contribution in [-0.2, 0) is 9.84 Å². The second-order valence-corrected chi connectivity index (χ2v) is 8.90. The van der Waals surface area contributed by atoms with Gasteiger partial charge in [-0.1, -0.05) is 41.6 Å². The van der Waals surface area contributed by atoms with E-state index in [2.05, 4.69) is 26.2 Å². The average molecular weight is 530 g/mol. The van der Waals surface area contributed by atoms with Gasteiger partial charge in [-0.05, 0) is 37.1 Å². The Morgan fingerprint density at radius 1 is 1.17 bits per heavy atom. The fourth-order valence-electron chi connectivity index (χ4n) is 2.72. The van der Waals surface area contributed by atoms with Crippen molar-refractivity contribution in [3.05, 3.63) is 28.7 Å². The summed E-state index contributed by atoms with van der Waals surface area (Å²) in [5.41, 5.74) is 5.88. The van der Waals surface area contributed by atoms with Crippen molar-refractivity contribution >= 4 is 55.7 Å². The number of nitrogens with zero attached hydrogens (tertiary/aromatic N) is 1. The molecule has 1 aromatic carbocycles. The molecule has 0 saturated heterocycles. The van der Waals surface area contributed by atoms with Crippen molar-refractivity contribution in [2.75, 3.05) is 12.3 Å². The Balaban J connectivity index is 0.00000288. The van der Waals surface area contributed by atoms with Crippen LogP contribution >= 0.6 is 39.9 Å². The maximum atomic E-state index is 12.2. The number of nitrogens with one attached hydrogen (secondary N) is 1. The average Bonchev–Trinajstić information content (AvgIpc) is 2.76. The minimum atomic E-state index is -3.32. The molecule has 5 nitrogen and oxygen atoms in total. The lowest BCUT2D eigenvalue weighted by Gasteiger charge is -2.16. The van der Waals surface area contributed by atoms with E-state index in [1.54, 1.807) is 24.3 Å². The topological polar surface area (TPSA) is 84.5 Å². The molecule has 136 valence electrons. The number of halogens is 2. The fraction of sp³-hybridized carbons (Fsp3) is 0.562. The summed E-state index contributed by atoms with van der Waals surface area (Å²) in [6.45, 7) is 0.171. The van der Waals surface area contributed by atoms with Gasteiger partial charge in [0.15, 0.2) is 15.8 Å². The van der Waals surface area contributed by atoms with E-state index in [-0.39, 0.29) is 36.3 Å². The SMILES string of the molecule is I.NC(=NCCS(=O)(=O)c1ccc(Br)cc1)NC1CCCCCC1. The van der Waals surface area contributed by atoms with Crippen LogP contribution in [0, 0.1) is 0 Å². The molecule has 0 heterocycles. The van der Waals surface area contributed by atoms with Gasteiger partial charge in [-0.15, -0.1) is 24.0 Å². The van der Waals surface area contributed by atoms with E-state index in [4.69, 9.17) is 5.73 Å². The van der Waals surface area contributed by atoms with Crippen molar-refractivity contribution in [1.29, 1.82) is 0 Å². The van der Waals surface area contributed by atoms with Gasteiger partial charge in [0.2, 0.25) is 0 Å². The van der Waals surface area contributed by atoms with Gasteiger partial charge in [-0.25, -0.2) is 8.42 Å². The second-order valence-electron chi connectivity index (χ2n) is 5.87. The van der Waals surface area contributed by atoms with E-state index in [0.717, 1.165) is 17.3 Å². The largest absolute Gasteiger partial charge is 0.370 e. The van der Waals surface area contributed by atoms with E-state index in [0.29, 0.717) is 16.9 Å². The normalized spacial score (nSPS) is 17.0. The predicted octanol–water partition coefficient (Wildman–Crippen LogP) is 3.47. The molecule has 1 fully saturated rings. The number of guanidine groups is 1. The van der Waals surface area contributed by atoms with Crippen molar-refractivity contribution in [2.45, 2.75) is 49.5 Å². The first kappa shape index (κ1) is 21.7. The van der Waals surface area contributed by atoms with Gasteiger partial charge in [0.05, 0.1) is 17.2 Å². The molecule has 0 aromatic heterocycles. The molecule has 0 unspecified atom stereocenters. The molecular weight excluding hydrogens is 505 g/mol. The van der Waals surface area contributed by atoms with Crippen molar-refractivity contribution in [2.24, 2.45) is 10.7 Å². The zero-order valence-corrected chi connectivity index (χ0v) is 18.3. The van der Waals surface area contributed by atoms with Crippen LogP contribution in [0.1, 0.15) is 38.5 Å². The lowest BCUT2D eigenvalue weighted by molar-refractivity contribution is 0.530. The molecule has 3 N–H and O–H groups in total. The maximum Gasteiger partial charge on any atom is 0.188 e. The zero-order chi connectivity index (χ0) is 16.7. The van der Waals surface area contributed by atoms with E-state index in [9.17, 15) is 8.42 Å². The highest BCUT2D eigenvalue weighted by molar-refractivity contribution is 14.0. The third kappa shape index (κ3) is 7.26. The second kappa shape index (κ2) is 10.6. The van der Waals surface area contributed by atoms with Gasteiger partial charge in [-0.2, -0.15) is 0 Å². The highest BCUT2D eigenvalue weighted by atomic mass is 127. The van der Waals surface area contributed by atoms with Crippen LogP contribution < -0.4 is 11.1 Å². The fourth-order valence-corrected chi connectivity index (χ4v) is 4.11. The molecule has 0 aliphatic heterocycles. The summed E-state index contributed by atoms with van der Waals surface area (Å²) in [5.74, 6) is 0.310. The van der Waals surface area contributed by atoms with E-state index < -0.39 is 9.84 Å². The molecule has 0 amide bonds. The van der Waals surface area contributed by atoms with E-state index in [1.165, 1.54) is 25.7 Å². The molecule has 24 heavy (non-hydrogen) atoms. The Bertz CT molecular complexity index is 627. The first-order valence-electron chi connectivity index (χ1n) is 8.02. The van der Waals surface area contributed by atoms with Crippen molar-refractivity contribution in [1.82, 2.24) is 5.32 Å². The molecule has 0 bridgehead atoms. The van der Waals surface area contributed by atoms with Gasteiger partial charge in [0.1, 0.15) is 0 Å². The van der Waals surface area contributed by atoms with Crippen LogP contribution in [-0.4, -0.2) is 32.7 Å². The maximum absolute atomic E-state index is 12.2. The van der Waals surface area contributed by atoms with Crippen LogP contribution in [0.15, 0.2) is 38.6 Å². The van der Waals surface area contributed by atoms with Crippen molar-refractivity contribution in [3.8, 4) is 0 Å². The lowest BCUT2D eigenvalue weighted by Crippen LogP contribution is -2.40. The first-order chi connectivity index (χ1) is 11.0. The number of rotatable bonds is 5. The summed E-state index contributed by atoms with van der Waals surface area (Å²) in [4.78, 5) is 4.48. The van der Waals surface area contributed by atoms with Gasteiger partial charge in [0, 0.05) is 10.5 Å². The Hall–Kier alpha value is -0.350. The molecule has 0 spiro atoms.